The molecule has 0 saturated heterocycles. The van der Waals surface area contributed by atoms with Crippen LogP contribution < -0.4 is 5.73 Å². The second-order valence-corrected chi connectivity index (χ2v) is 6.31. The lowest BCUT2D eigenvalue weighted by molar-refractivity contribution is 0.196. The number of nitrogens with two attached hydrogens (primary N) is 1. The van der Waals surface area contributed by atoms with Crippen LogP contribution in [-0.4, -0.2) is 6.54 Å². The number of hydrogen-bond donors (Lipinski definition) is 1. The molecule has 2 N–H and O–H groups in total. The molecule has 0 heterocycles. The van der Waals surface area contributed by atoms with Crippen molar-refractivity contribution in [1.29, 1.82) is 0 Å². The van der Waals surface area contributed by atoms with Gasteiger partial charge in [-0.05, 0) is 49.6 Å². The van der Waals surface area contributed by atoms with Crippen LogP contribution in [-0.2, 0) is 6.42 Å². The van der Waals surface area contributed by atoms with Crippen molar-refractivity contribution in [3.05, 3.63) is 35.9 Å². The zero-order chi connectivity index (χ0) is 13.4. The Labute approximate surface area is 118 Å². The molecule has 1 saturated carbocycles. The molecule has 19 heavy (non-hydrogen) atoms. The van der Waals surface area contributed by atoms with Crippen molar-refractivity contribution in [2.45, 2.75) is 64.2 Å². The zero-order valence-corrected chi connectivity index (χ0v) is 12.2. The lowest BCUT2D eigenvalue weighted by atomic mass is 9.73. The fraction of sp³-hybridized carbons (Fsp3) is 0.667. The summed E-state index contributed by atoms with van der Waals surface area (Å²) in [5.41, 5.74) is 8.06. The molecule has 106 valence electrons. The molecule has 2 rings (SSSR count). The molecule has 1 nitrogen and oxygen atoms in total. The number of hydrogen-bond acceptors (Lipinski definition) is 1. The predicted octanol–water partition coefficient (Wildman–Crippen LogP) is 4.70. The summed E-state index contributed by atoms with van der Waals surface area (Å²) in [5.74, 6) is 0. The third-order valence-corrected chi connectivity index (χ3v) is 4.86. The first kappa shape index (κ1) is 14.6. The summed E-state index contributed by atoms with van der Waals surface area (Å²) in [4.78, 5) is 0. The highest BCUT2D eigenvalue weighted by atomic mass is 14.6. The Morgan fingerprint density at radius 3 is 2.16 bits per heavy atom. The number of benzene rings is 1. The highest BCUT2D eigenvalue weighted by molar-refractivity contribution is 5.14. The fourth-order valence-corrected chi connectivity index (χ4v) is 3.52. The Morgan fingerprint density at radius 2 is 1.53 bits per heavy atom. The van der Waals surface area contributed by atoms with Gasteiger partial charge in [-0.1, -0.05) is 62.4 Å². The van der Waals surface area contributed by atoms with Crippen LogP contribution in [0.2, 0.25) is 0 Å². The molecule has 1 aliphatic carbocycles. The highest BCUT2D eigenvalue weighted by Gasteiger charge is 2.27. The van der Waals surface area contributed by atoms with Crippen molar-refractivity contribution in [3.8, 4) is 0 Å². The molecule has 0 spiro atoms. The topological polar surface area (TPSA) is 26.0 Å². The molecule has 0 amide bonds. The van der Waals surface area contributed by atoms with Gasteiger partial charge in [-0.15, -0.1) is 0 Å². The third-order valence-electron chi connectivity index (χ3n) is 4.86. The van der Waals surface area contributed by atoms with E-state index in [9.17, 15) is 0 Å². The molecule has 0 radical (unpaired) electrons. The average Bonchev–Trinajstić information content (AvgIpc) is 2.43. The van der Waals surface area contributed by atoms with Crippen molar-refractivity contribution in [2.24, 2.45) is 11.1 Å². The minimum absolute atomic E-state index is 0.454. The van der Waals surface area contributed by atoms with Gasteiger partial charge in [0.25, 0.3) is 0 Å². The fourth-order valence-electron chi connectivity index (χ4n) is 3.52. The Bertz CT molecular complexity index is 336. The normalized spacial score (nSPS) is 19.6. The van der Waals surface area contributed by atoms with Gasteiger partial charge in [0.15, 0.2) is 0 Å². The minimum Gasteiger partial charge on any atom is -0.330 e. The molecular weight excluding hydrogens is 230 g/mol. The van der Waals surface area contributed by atoms with Gasteiger partial charge < -0.3 is 5.73 Å². The number of aryl methyl sites for hydroxylation is 1. The van der Waals surface area contributed by atoms with Crippen LogP contribution >= 0.6 is 0 Å². The molecule has 0 unspecified atom stereocenters. The van der Waals surface area contributed by atoms with Gasteiger partial charge in [-0.3, -0.25) is 0 Å². The molecule has 1 aliphatic rings. The van der Waals surface area contributed by atoms with E-state index < -0.39 is 0 Å². The van der Waals surface area contributed by atoms with Gasteiger partial charge in [-0.25, -0.2) is 0 Å². The maximum Gasteiger partial charge on any atom is -0.00205 e. The van der Waals surface area contributed by atoms with Gasteiger partial charge in [-0.2, -0.15) is 0 Å². The largest absolute Gasteiger partial charge is 0.330 e. The van der Waals surface area contributed by atoms with Crippen LogP contribution in [0.3, 0.4) is 0 Å². The van der Waals surface area contributed by atoms with E-state index in [1.165, 1.54) is 69.8 Å². The van der Waals surface area contributed by atoms with Crippen LogP contribution in [0.25, 0.3) is 0 Å². The molecule has 1 heteroatoms. The number of rotatable bonds is 5. The van der Waals surface area contributed by atoms with E-state index in [0.717, 1.165) is 6.54 Å². The molecule has 0 atom stereocenters. The lowest BCUT2D eigenvalue weighted by Crippen LogP contribution is -2.31. The quantitative estimate of drug-likeness (QED) is 0.815. The molecular formula is C18H29N. The molecule has 0 bridgehead atoms. The molecule has 0 aromatic heterocycles. The maximum atomic E-state index is 6.14. The molecule has 0 aliphatic heterocycles. The van der Waals surface area contributed by atoms with Crippen LogP contribution in [0.15, 0.2) is 30.3 Å². The first-order chi connectivity index (χ1) is 9.35. The smallest absolute Gasteiger partial charge is 0.00205 e. The van der Waals surface area contributed by atoms with Gasteiger partial charge >= 0.3 is 0 Å². The Kier molecular flexibility index (Phi) is 5.91. The summed E-state index contributed by atoms with van der Waals surface area (Å²) in [6.07, 6.45) is 13.6. The van der Waals surface area contributed by atoms with E-state index in [0.29, 0.717) is 5.41 Å². The van der Waals surface area contributed by atoms with E-state index in [1.54, 1.807) is 0 Å². The summed E-state index contributed by atoms with van der Waals surface area (Å²) in [7, 11) is 0. The monoisotopic (exact) mass is 259 g/mol. The van der Waals surface area contributed by atoms with Gasteiger partial charge in [0.2, 0.25) is 0 Å². The highest BCUT2D eigenvalue weighted by Crippen LogP contribution is 2.37. The van der Waals surface area contributed by atoms with Crippen molar-refractivity contribution in [1.82, 2.24) is 0 Å². The Hall–Kier alpha value is -0.820. The van der Waals surface area contributed by atoms with Crippen molar-refractivity contribution in [2.75, 3.05) is 6.54 Å². The van der Waals surface area contributed by atoms with E-state index in [4.69, 9.17) is 5.73 Å². The maximum absolute atomic E-state index is 6.14. The van der Waals surface area contributed by atoms with Crippen molar-refractivity contribution >= 4 is 0 Å². The SMILES string of the molecule is NCC1(CCCc2ccccc2)CCCCCCC1. The van der Waals surface area contributed by atoms with Crippen LogP contribution in [0.5, 0.6) is 0 Å². The zero-order valence-electron chi connectivity index (χ0n) is 12.2. The summed E-state index contributed by atoms with van der Waals surface area (Å²) in [5, 5.41) is 0. The van der Waals surface area contributed by atoms with Gasteiger partial charge in [0, 0.05) is 0 Å². The van der Waals surface area contributed by atoms with Gasteiger partial charge in [0.05, 0.1) is 0 Å². The second-order valence-electron chi connectivity index (χ2n) is 6.31. The average molecular weight is 259 g/mol. The standard InChI is InChI=1S/C18H29N/c19-16-18(13-7-2-1-3-8-14-18)15-9-12-17-10-5-4-6-11-17/h4-6,10-11H,1-3,7-9,12-16,19H2. The second kappa shape index (κ2) is 7.69. The van der Waals surface area contributed by atoms with E-state index in [2.05, 4.69) is 30.3 Å². The van der Waals surface area contributed by atoms with Crippen molar-refractivity contribution in [3.63, 3.8) is 0 Å². The van der Waals surface area contributed by atoms with Crippen LogP contribution in [0.4, 0.5) is 0 Å². The van der Waals surface area contributed by atoms with Crippen LogP contribution in [0.1, 0.15) is 63.4 Å². The Balaban J connectivity index is 1.83. The molecule has 1 fully saturated rings. The summed E-state index contributed by atoms with van der Waals surface area (Å²) in [6.45, 7) is 0.891. The lowest BCUT2D eigenvalue weighted by Gasteiger charge is -2.34. The van der Waals surface area contributed by atoms with E-state index >= 15 is 0 Å². The van der Waals surface area contributed by atoms with Gasteiger partial charge in [0.1, 0.15) is 0 Å². The first-order valence-electron chi connectivity index (χ1n) is 8.09. The van der Waals surface area contributed by atoms with E-state index in [1.807, 2.05) is 0 Å². The minimum atomic E-state index is 0.454. The predicted molar refractivity (Wildman–Crippen MR) is 83.2 cm³/mol. The van der Waals surface area contributed by atoms with E-state index in [-0.39, 0.29) is 0 Å². The first-order valence-corrected chi connectivity index (χ1v) is 8.09. The summed E-state index contributed by atoms with van der Waals surface area (Å²) in [6, 6.07) is 10.9. The third kappa shape index (κ3) is 4.65. The molecule has 1 aromatic carbocycles. The summed E-state index contributed by atoms with van der Waals surface area (Å²) < 4.78 is 0. The molecule has 1 aromatic rings. The van der Waals surface area contributed by atoms with Crippen LogP contribution in [0, 0.1) is 5.41 Å². The summed E-state index contributed by atoms with van der Waals surface area (Å²) >= 11 is 0. The Morgan fingerprint density at radius 1 is 0.895 bits per heavy atom. The van der Waals surface area contributed by atoms with Crippen molar-refractivity contribution < 1.29 is 0 Å².